The lowest BCUT2D eigenvalue weighted by Gasteiger charge is -2.31. The van der Waals surface area contributed by atoms with E-state index in [4.69, 9.17) is 4.74 Å². The zero-order valence-electron chi connectivity index (χ0n) is 10.1. The molecule has 1 aliphatic heterocycles. The molecule has 6 heteroatoms. The van der Waals surface area contributed by atoms with E-state index < -0.39 is 11.7 Å². The van der Waals surface area contributed by atoms with Crippen LogP contribution in [0.4, 0.5) is 13.2 Å². The zero-order valence-corrected chi connectivity index (χ0v) is 11.6. The average molecular weight is 336 g/mol. The van der Waals surface area contributed by atoms with Crippen molar-refractivity contribution in [2.45, 2.75) is 37.0 Å². The predicted molar refractivity (Wildman–Crippen MR) is 68.2 cm³/mol. The Balaban J connectivity index is 1.87. The lowest BCUT2D eigenvalue weighted by atomic mass is 9.99. The second-order valence-corrected chi connectivity index (χ2v) is 6.01. The molecule has 1 N–H and O–H groups in total. The van der Waals surface area contributed by atoms with Crippen LogP contribution in [0.15, 0.2) is 22.7 Å². The highest BCUT2D eigenvalue weighted by molar-refractivity contribution is 9.10. The van der Waals surface area contributed by atoms with Crippen LogP contribution in [0.5, 0.6) is 5.75 Å². The van der Waals surface area contributed by atoms with Gasteiger partial charge in [0.15, 0.2) is 0 Å². The number of alkyl halides is 3. The molecule has 2 nitrogen and oxygen atoms in total. The van der Waals surface area contributed by atoms with Crippen molar-refractivity contribution in [2.24, 2.45) is 0 Å². The summed E-state index contributed by atoms with van der Waals surface area (Å²) in [5.41, 5.74) is -0.884. The van der Waals surface area contributed by atoms with E-state index in [1.807, 2.05) is 12.1 Å². The van der Waals surface area contributed by atoms with E-state index >= 15 is 0 Å². The maximum absolute atomic E-state index is 13.0. The van der Waals surface area contributed by atoms with Crippen LogP contribution in [0.2, 0.25) is 0 Å². The Bertz CT molecular complexity index is 499. The summed E-state index contributed by atoms with van der Waals surface area (Å²) >= 11 is 3.35. The molecule has 0 bridgehead atoms. The number of benzene rings is 1. The van der Waals surface area contributed by atoms with Gasteiger partial charge in [0.2, 0.25) is 0 Å². The van der Waals surface area contributed by atoms with Crippen molar-refractivity contribution in [1.82, 2.24) is 5.32 Å². The average Bonchev–Trinajstić information content (AvgIpc) is 3.10. The molecule has 1 atom stereocenters. The number of rotatable bonds is 2. The topological polar surface area (TPSA) is 21.3 Å². The Hall–Kier alpha value is -0.750. The number of hydrogen-bond donors (Lipinski definition) is 1. The maximum atomic E-state index is 13.0. The number of halogens is 4. The third-order valence-corrected chi connectivity index (χ3v) is 4.25. The fraction of sp³-hybridized carbons (Fsp3) is 0.538. The minimum Gasteiger partial charge on any atom is -0.493 e. The number of fused-ring (bicyclic) bond motifs is 1. The number of hydrogen-bond acceptors (Lipinski definition) is 2. The number of nitrogens with one attached hydrogen (secondary N) is 1. The van der Waals surface area contributed by atoms with Crippen molar-refractivity contribution < 1.29 is 17.9 Å². The minimum absolute atomic E-state index is 0.164. The van der Waals surface area contributed by atoms with Crippen LogP contribution in [-0.4, -0.2) is 18.3 Å². The molecule has 1 aromatic rings. The number of ether oxygens (including phenoxy) is 1. The van der Waals surface area contributed by atoms with Crippen LogP contribution < -0.4 is 10.1 Å². The standard InChI is InChI=1S/C13H13BrF3NO/c14-8-1-2-11-9(7-8)10(3-6-19-11)18-12(4-5-12)13(15,16)17/h1-2,7,10,18H,3-6H2. The van der Waals surface area contributed by atoms with Crippen molar-refractivity contribution in [3.63, 3.8) is 0 Å². The van der Waals surface area contributed by atoms with E-state index in [0.717, 1.165) is 10.0 Å². The first-order valence-corrected chi connectivity index (χ1v) is 6.97. The highest BCUT2D eigenvalue weighted by atomic mass is 79.9. The van der Waals surface area contributed by atoms with Gasteiger partial charge in [-0.3, -0.25) is 5.32 Å². The van der Waals surface area contributed by atoms with Crippen molar-refractivity contribution in [2.75, 3.05) is 6.61 Å². The summed E-state index contributed by atoms with van der Waals surface area (Å²) in [6.07, 6.45) is -3.30. The molecule has 1 aromatic carbocycles. The third kappa shape index (κ3) is 2.36. The Morgan fingerprint density at radius 3 is 2.68 bits per heavy atom. The van der Waals surface area contributed by atoms with E-state index in [1.165, 1.54) is 0 Å². The van der Waals surface area contributed by atoms with E-state index in [1.54, 1.807) is 6.07 Å². The van der Waals surface area contributed by atoms with Crippen LogP contribution in [0.3, 0.4) is 0 Å². The summed E-state index contributed by atoms with van der Waals surface area (Å²) in [5, 5.41) is 2.80. The molecule has 0 radical (unpaired) electrons. The zero-order chi connectivity index (χ0) is 13.7. The van der Waals surface area contributed by atoms with Gasteiger partial charge in [0.1, 0.15) is 11.3 Å². The summed E-state index contributed by atoms with van der Waals surface area (Å²) in [7, 11) is 0. The SMILES string of the molecule is FC(F)(F)C1(NC2CCOc3ccc(Br)cc32)CC1. The molecule has 3 rings (SSSR count). The molecule has 0 aromatic heterocycles. The predicted octanol–water partition coefficient (Wildman–Crippen LogP) is 3.96. The highest BCUT2D eigenvalue weighted by Crippen LogP contribution is 2.51. The van der Waals surface area contributed by atoms with Gasteiger partial charge in [-0.05, 0) is 31.0 Å². The summed E-state index contributed by atoms with van der Waals surface area (Å²) in [4.78, 5) is 0. The highest BCUT2D eigenvalue weighted by Gasteiger charge is 2.64. The molecule has 0 saturated heterocycles. The Kier molecular flexibility index (Phi) is 3.05. The Morgan fingerprint density at radius 2 is 2.05 bits per heavy atom. The Labute approximate surface area is 117 Å². The second kappa shape index (κ2) is 4.38. The molecule has 104 valence electrons. The van der Waals surface area contributed by atoms with Crippen molar-refractivity contribution >= 4 is 15.9 Å². The fourth-order valence-corrected chi connectivity index (χ4v) is 2.86. The van der Waals surface area contributed by atoms with Crippen LogP contribution in [0.1, 0.15) is 30.9 Å². The van der Waals surface area contributed by atoms with Gasteiger partial charge in [0.05, 0.1) is 6.61 Å². The van der Waals surface area contributed by atoms with E-state index in [-0.39, 0.29) is 18.9 Å². The largest absolute Gasteiger partial charge is 0.493 e. The summed E-state index contributed by atoms with van der Waals surface area (Å²) in [6, 6.07) is 5.15. The van der Waals surface area contributed by atoms with Gasteiger partial charge >= 0.3 is 6.18 Å². The maximum Gasteiger partial charge on any atom is 0.406 e. The van der Waals surface area contributed by atoms with E-state index in [2.05, 4.69) is 21.2 Å². The summed E-state index contributed by atoms with van der Waals surface area (Å²) in [5.74, 6) is 0.671. The second-order valence-electron chi connectivity index (χ2n) is 5.10. The molecule has 1 aliphatic carbocycles. The smallest absolute Gasteiger partial charge is 0.406 e. The Morgan fingerprint density at radius 1 is 1.32 bits per heavy atom. The van der Waals surface area contributed by atoms with E-state index in [9.17, 15) is 13.2 Å². The van der Waals surface area contributed by atoms with Gasteiger partial charge in [-0.15, -0.1) is 0 Å². The summed E-state index contributed by atoms with van der Waals surface area (Å²) < 4.78 is 45.3. The van der Waals surface area contributed by atoms with Crippen LogP contribution in [0, 0.1) is 0 Å². The first kappa shape index (κ1) is 13.2. The monoisotopic (exact) mass is 335 g/mol. The summed E-state index contributed by atoms with van der Waals surface area (Å²) in [6.45, 7) is 0.445. The fourth-order valence-electron chi connectivity index (χ4n) is 2.48. The van der Waals surface area contributed by atoms with Gasteiger partial charge in [-0.1, -0.05) is 15.9 Å². The molecule has 19 heavy (non-hydrogen) atoms. The van der Waals surface area contributed by atoms with Gasteiger partial charge in [-0.2, -0.15) is 13.2 Å². The van der Waals surface area contributed by atoms with Crippen molar-refractivity contribution in [3.05, 3.63) is 28.2 Å². The van der Waals surface area contributed by atoms with Gasteiger partial charge < -0.3 is 4.74 Å². The van der Waals surface area contributed by atoms with Crippen molar-refractivity contribution in [3.8, 4) is 5.75 Å². The van der Waals surface area contributed by atoms with Gasteiger partial charge in [0.25, 0.3) is 0 Å². The van der Waals surface area contributed by atoms with E-state index in [0.29, 0.717) is 18.8 Å². The quantitative estimate of drug-likeness (QED) is 0.883. The molecule has 0 amide bonds. The lowest BCUT2D eigenvalue weighted by Crippen LogP contribution is -2.47. The molecule has 0 spiro atoms. The molecule has 1 saturated carbocycles. The molecular weight excluding hydrogens is 323 g/mol. The van der Waals surface area contributed by atoms with Crippen LogP contribution in [-0.2, 0) is 0 Å². The van der Waals surface area contributed by atoms with Crippen molar-refractivity contribution in [1.29, 1.82) is 0 Å². The molecule has 1 fully saturated rings. The normalized spacial score (nSPS) is 24.5. The molecule has 1 heterocycles. The molecule has 2 aliphatic rings. The van der Waals surface area contributed by atoms with Crippen LogP contribution >= 0.6 is 15.9 Å². The third-order valence-electron chi connectivity index (χ3n) is 3.75. The van der Waals surface area contributed by atoms with Crippen LogP contribution in [0.25, 0.3) is 0 Å². The lowest BCUT2D eigenvalue weighted by molar-refractivity contribution is -0.168. The van der Waals surface area contributed by atoms with Gasteiger partial charge in [0, 0.05) is 22.5 Å². The van der Waals surface area contributed by atoms with Gasteiger partial charge in [-0.25, -0.2) is 0 Å². The first-order chi connectivity index (χ1) is 8.91. The minimum atomic E-state index is -4.18. The first-order valence-electron chi connectivity index (χ1n) is 6.18. The molecular formula is C13H13BrF3NO. The molecule has 1 unspecified atom stereocenters.